The fourth-order valence-corrected chi connectivity index (χ4v) is 3.52. The third-order valence-electron chi connectivity index (χ3n) is 4.36. The second-order valence-electron chi connectivity index (χ2n) is 8.26. The highest BCUT2D eigenvalue weighted by molar-refractivity contribution is 5.78. The maximum Gasteiger partial charge on any atom is 0.224 e. The molecule has 4 heteroatoms. The SMILES string of the molecule is CCCCCCCCOCCN1CC(C)(C)NC(C)(C)CC1=O. The van der Waals surface area contributed by atoms with Crippen LogP contribution in [0.5, 0.6) is 0 Å². The Morgan fingerprint density at radius 2 is 1.65 bits per heavy atom. The van der Waals surface area contributed by atoms with Gasteiger partial charge in [-0.25, -0.2) is 0 Å². The number of hydrogen-bond donors (Lipinski definition) is 1. The Labute approximate surface area is 143 Å². The van der Waals surface area contributed by atoms with Gasteiger partial charge in [-0.05, 0) is 34.1 Å². The van der Waals surface area contributed by atoms with E-state index in [1.165, 1.54) is 32.1 Å². The van der Waals surface area contributed by atoms with Gasteiger partial charge in [0.1, 0.15) is 0 Å². The van der Waals surface area contributed by atoms with Crippen LogP contribution in [-0.2, 0) is 9.53 Å². The maximum atomic E-state index is 12.4. The summed E-state index contributed by atoms with van der Waals surface area (Å²) in [5.41, 5.74) is -0.205. The first-order valence-corrected chi connectivity index (χ1v) is 9.41. The summed E-state index contributed by atoms with van der Waals surface area (Å²) >= 11 is 0. The molecule has 1 fully saturated rings. The Kier molecular flexibility index (Phi) is 8.56. The van der Waals surface area contributed by atoms with E-state index in [2.05, 4.69) is 39.9 Å². The van der Waals surface area contributed by atoms with Crippen molar-refractivity contribution in [2.45, 2.75) is 90.6 Å². The Morgan fingerprint density at radius 1 is 1.00 bits per heavy atom. The number of unbranched alkanes of at least 4 members (excludes halogenated alkanes) is 5. The van der Waals surface area contributed by atoms with E-state index in [9.17, 15) is 4.79 Å². The van der Waals surface area contributed by atoms with E-state index in [1.54, 1.807) is 0 Å². The molecule has 136 valence electrons. The molecule has 1 rings (SSSR count). The predicted molar refractivity (Wildman–Crippen MR) is 96.7 cm³/mol. The summed E-state index contributed by atoms with van der Waals surface area (Å²) in [5.74, 6) is 0.233. The number of hydrogen-bond acceptors (Lipinski definition) is 3. The van der Waals surface area contributed by atoms with Crippen molar-refractivity contribution in [3.05, 3.63) is 0 Å². The van der Waals surface area contributed by atoms with Crippen LogP contribution in [0.3, 0.4) is 0 Å². The third kappa shape index (κ3) is 8.71. The van der Waals surface area contributed by atoms with Gasteiger partial charge < -0.3 is 15.0 Å². The van der Waals surface area contributed by atoms with Crippen LogP contribution >= 0.6 is 0 Å². The van der Waals surface area contributed by atoms with Crippen molar-refractivity contribution in [1.82, 2.24) is 10.2 Å². The molecule has 1 amide bonds. The molecule has 23 heavy (non-hydrogen) atoms. The molecule has 1 N–H and O–H groups in total. The van der Waals surface area contributed by atoms with E-state index in [0.717, 1.165) is 19.6 Å². The van der Waals surface area contributed by atoms with Crippen molar-refractivity contribution >= 4 is 5.91 Å². The summed E-state index contributed by atoms with van der Waals surface area (Å²) < 4.78 is 5.74. The molecular formula is C19H38N2O2. The molecule has 1 aliphatic heterocycles. The van der Waals surface area contributed by atoms with Crippen molar-refractivity contribution in [3.63, 3.8) is 0 Å². The highest BCUT2D eigenvalue weighted by atomic mass is 16.5. The highest BCUT2D eigenvalue weighted by Gasteiger charge is 2.36. The van der Waals surface area contributed by atoms with Crippen LogP contribution in [0.15, 0.2) is 0 Å². The van der Waals surface area contributed by atoms with E-state index < -0.39 is 0 Å². The predicted octanol–water partition coefficient (Wildman–Crippen LogP) is 3.74. The van der Waals surface area contributed by atoms with Gasteiger partial charge in [0.2, 0.25) is 5.91 Å². The van der Waals surface area contributed by atoms with Crippen molar-refractivity contribution in [2.75, 3.05) is 26.3 Å². The van der Waals surface area contributed by atoms with Crippen molar-refractivity contribution in [3.8, 4) is 0 Å². The first kappa shape index (κ1) is 20.4. The van der Waals surface area contributed by atoms with E-state index in [4.69, 9.17) is 4.74 Å². The minimum atomic E-state index is -0.144. The van der Waals surface area contributed by atoms with Crippen molar-refractivity contribution in [1.29, 1.82) is 0 Å². The molecule has 0 atom stereocenters. The topological polar surface area (TPSA) is 41.6 Å². The number of nitrogens with one attached hydrogen (secondary N) is 1. The molecule has 0 bridgehead atoms. The lowest BCUT2D eigenvalue weighted by Gasteiger charge is -2.34. The zero-order valence-electron chi connectivity index (χ0n) is 16.0. The molecule has 1 heterocycles. The van der Waals surface area contributed by atoms with Gasteiger partial charge in [-0.1, -0.05) is 39.0 Å². The average molecular weight is 327 g/mol. The first-order valence-electron chi connectivity index (χ1n) is 9.41. The zero-order chi connectivity index (χ0) is 17.3. The zero-order valence-corrected chi connectivity index (χ0v) is 16.0. The lowest BCUT2D eigenvalue weighted by Crippen LogP contribution is -2.53. The lowest BCUT2D eigenvalue weighted by atomic mass is 9.96. The molecule has 0 saturated carbocycles. The summed E-state index contributed by atoms with van der Waals surface area (Å²) in [7, 11) is 0. The van der Waals surface area contributed by atoms with Gasteiger partial charge in [0, 0.05) is 37.2 Å². The molecule has 4 nitrogen and oxygen atoms in total. The Balaban J connectivity index is 2.22. The van der Waals surface area contributed by atoms with Crippen molar-refractivity contribution < 1.29 is 9.53 Å². The molecule has 0 aliphatic carbocycles. The highest BCUT2D eigenvalue weighted by Crippen LogP contribution is 2.21. The van der Waals surface area contributed by atoms with Crippen LogP contribution in [0.2, 0.25) is 0 Å². The monoisotopic (exact) mass is 326 g/mol. The lowest BCUT2D eigenvalue weighted by molar-refractivity contribution is -0.132. The van der Waals surface area contributed by atoms with Crippen LogP contribution in [-0.4, -0.2) is 48.2 Å². The molecular weight excluding hydrogens is 288 g/mol. The van der Waals surface area contributed by atoms with Crippen molar-refractivity contribution in [2.24, 2.45) is 0 Å². The Hall–Kier alpha value is -0.610. The van der Waals surface area contributed by atoms with Crippen LogP contribution in [0.25, 0.3) is 0 Å². The van der Waals surface area contributed by atoms with E-state index in [-0.39, 0.29) is 17.0 Å². The summed E-state index contributed by atoms with van der Waals surface area (Å²) in [6.07, 6.45) is 8.24. The summed E-state index contributed by atoms with van der Waals surface area (Å²) in [4.78, 5) is 14.4. The minimum Gasteiger partial charge on any atom is -0.380 e. The van der Waals surface area contributed by atoms with Gasteiger partial charge in [0.25, 0.3) is 0 Å². The van der Waals surface area contributed by atoms with Crippen LogP contribution < -0.4 is 5.32 Å². The maximum absolute atomic E-state index is 12.4. The smallest absolute Gasteiger partial charge is 0.224 e. The number of nitrogens with zero attached hydrogens (tertiary/aromatic N) is 1. The number of carbonyl (C=O) groups excluding carboxylic acids is 1. The van der Waals surface area contributed by atoms with Gasteiger partial charge in [-0.3, -0.25) is 4.79 Å². The second kappa shape index (κ2) is 9.63. The van der Waals surface area contributed by atoms with Gasteiger partial charge in [0.05, 0.1) is 6.61 Å². The van der Waals surface area contributed by atoms with Gasteiger partial charge >= 0.3 is 0 Å². The number of carbonyl (C=O) groups is 1. The first-order chi connectivity index (χ1) is 10.8. The van der Waals surface area contributed by atoms with E-state index in [1.807, 2.05) is 4.90 Å². The molecule has 1 aliphatic rings. The minimum absolute atomic E-state index is 0.0606. The molecule has 0 aromatic heterocycles. The van der Waals surface area contributed by atoms with Crippen LogP contribution in [0, 0.1) is 0 Å². The third-order valence-corrected chi connectivity index (χ3v) is 4.36. The molecule has 0 radical (unpaired) electrons. The largest absolute Gasteiger partial charge is 0.380 e. The second-order valence-corrected chi connectivity index (χ2v) is 8.26. The average Bonchev–Trinajstić information content (AvgIpc) is 2.49. The molecule has 0 aromatic carbocycles. The van der Waals surface area contributed by atoms with Gasteiger partial charge in [0.15, 0.2) is 0 Å². The summed E-state index contributed by atoms with van der Waals surface area (Å²) in [6.45, 7) is 13.7. The van der Waals surface area contributed by atoms with E-state index >= 15 is 0 Å². The van der Waals surface area contributed by atoms with Crippen LogP contribution in [0.1, 0.15) is 79.6 Å². The van der Waals surface area contributed by atoms with Gasteiger partial charge in [-0.15, -0.1) is 0 Å². The molecule has 1 saturated heterocycles. The quantitative estimate of drug-likeness (QED) is 0.622. The molecule has 0 unspecified atom stereocenters. The Bertz CT molecular complexity index is 353. The van der Waals surface area contributed by atoms with E-state index in [0.29, 0.717) is 19.6 Å². The summed E-state index contributed by atoms with van der Waals surface area (Å²) in [6, 6.07) is 0. The normalized spacial score (nSPS) is 20.6. The molecule has 0 spiro atoms. The number of rotatable bonds is 10. The summed E-state index contributed by atoms with van der Waals surface area (Å²) in [5, 5.41) is 3.59. The number of ether oxygens (including phenoxy) is 1. The van der Waals surface area contributed by atoms with Crippen LogP contribution in [0.4, 0.5) is 0 Å². The standard InChI is InChI=1S/C19H38N2O2/c1-6-7-8-9-10-11-13-23-14-12-21-16-19(4,5)20-18(2,3)15-17(21)22/h20H,6-16H2,1-5H3. The fourth-order valence-electron chi connectivity index (χ4n) is 3.52. The Morgan fingerprint density at radius 3 is 2.35 bits per heavy atom. The fraction of sp³-hybridized carbons (Fsp3) is 0.947. The van der Waals surface area contributed by atoms with Gasteiger partial charge in [-0.2, -0.15) is 0 Å². The molecule has 0 aromatic rings. The number of amides is 1.